The van der Waals surface area contributed by atoms with Crippen molar-refractivity contribution in [2.45, 2.75) is 37.5 Å². The van der Waals surface area contributed by atoms with Crippen LogP contribution in [0.4, 0.5) is 11.4 Å². The van der Waals surface area contributed by atoms with Gasteiger partial charge < -0.3 is 4.90 Å². The third-order valence-corrected chi connectivity index (χ3v) is 5.77. The Balaban J connectivity index is 1.74. The third-order valence-electron chi connectivity index (χ3n) is 4.39. The predicted molar refractivity (Wildman–Crippen MR) is 99.1 cm³/mol. The molecule has 1 fully saturated rings. The predicted octanol–water partition coefficient (Wildman–Crippen LogP) is 4.18. The van der Waals surface area contributed by atoms with Crippen molar-refractivity contribution >= 4 is 21.4 Å². The van der Waals surface area contributed by atoms with Gasteiger partial charge in [0.1, 0.15) is 0 Å². The second kappa shape index (κ2) is 7.26. The number of hydrogen-bond acceptors (Lipinski definition) is 3. The van der Waals surface area contributed by atoms with Crippen LogP contribution in [0.3, 0.4) is 0 Å². The van der Waals surface area contributed by atoms with E-state index >= 15 is 0 Å². The van der Waals surface area contributed by atoms with Crippen LogP contribution in [0.1, 0.15) is 31.2 Å². The lowest BCUT2D eigenvalue weighted by Crippen LogP contribution is -2.23. The first-order valence-electron chi connectivity index (χ1n) is 8.49. The normalized spacial score (nSPS) is 15.8. The highest BCUT2D eigenvalue weighted by Crippen LogP contribution is 2.23. The van der Waals surface area contributed by atoms with E-state index in [1.807, 2.05) is 37.3 Å². The maximum Gasteiger partial charge on any atom is 0.261 e. The van der Waals surface area contributed by atoms with Crippen molar-refractivity contribution in [1.29, 1.82) is 0 Å². The Morgan fingerprint density at radius 3 is 2.21 bits per heavy atom. The van der Waals surface area contributed by atoms with E-state index in [4.69, 9.17) is 0 Å². The molecule has 0 spiro atoms. The minimum Gasteiger partial charge on any atom is -0.372 e. The van der Waals surface area contributed by atoms with Crippen molar-refractivity contribution in [3.8, 4) is 0 Å². The van der Waals surface area contributed by atoms with Gasteiger partial charge in [-0.3, -0.25) is 4.72 Å². The lowest BCUT2D eigenvalue weighted by atomic mass is 10.2. The maximum atomic E-state index is 12.5. The number of hydrogen-bond donors (Lipinski definition) is 1. The number of nitrogens with one attached hydrogen (secondary N) is 1. The fraction of sp³-hybridized carbons (Fsp3) is 0.368. The van der Waals surface area contributed by atoms with Crippen LogP contribution in [0.15, 0.2) is 53.4 Å². The highest BCUT2D eigenvalue weighted by Gasteiger charge is 2.15. The Labute approximate surface area is 144 Å². The van der Waals surface area contributed by atoms with Gasteiger partial charge in [-0.1, -0.05) is 25.0 Å². The van der Waals surface area contributed by atoms with Crippen LogP contribution in [0.25, 0.3) is 0 Å². The molecule has 24 heavy (non-hydrogen) atoms. The van der Waals surface area contributed by atoms with Gasteiger partial charge in [-0.05, 0) is 61.7 Å². The summed E-state index contributed by atoms with van der Waals surface area (Å²) in [6, 6.07) is 14.6. The lowest BCUT2D eigenvalue weighted by Gasteiger charge is -2.22. The smallest absolute Gasteiger partial charge is 0.261 e. The molecule has 2 aromatic carbocycles. The molecule has 0 bridgehead atoms. The minimum absolute atomic E-state index is 0.291. The quantitative estimate of drug-likeness (QED) is 0.905. The largest absolute Gasteiger partial charge is 0.372 e. The average molecular weight is 344 g/mol. The van der Waals surface area contributed by atoms with Gasteiger partial charge in [0.15, 0.2) is 0 Å². The average Bonchev–Trinajstić information content (AvgIpc) is 2.84. The minimum atomic E-state index is -3.54. The summed E-state index contributed by atoms with van der Waals surface area (Å²) in [5.74, 6) is 0. The number of benzene rings is 2. The molecule has 3 rings (SSSR count). The highest BCUT2D eigenvalue weighted by molar-refractivity contribution is 7.92. The standard InChI is InChI=1S/C19H24N2O2S/c1-16-7-6-8-19(15-16)24(22,23)20-17-9-11-18(12-10-17)21-13-4-2-3-5-14-21/h6-12,15,20H,2-5,13-14H2,1H3. The first-order chi connectivity index (χ1) is 11.5. The molecule has 0 amide bonds. The molecule has 128 valence electrons. The van der Waals surface area contributed by atoms with Gasteiger partial charge in [-0.25, -0.2) is 8.42 Å². The summed E-state index contributed by atoms with van der Waals surface area (Å²) in [5, 5.41) is 0. The van der Waals surface area contributed by atoms with E-state index in [9.17, 15) is 8.42 Å². The Hall–Kier alpha value is -2.01. The van der Waals surface area contributed by atoms with E-state index in [1.54, 1.807) is 18.2 Å². The van der Waals surface area contributed by atoms with E-state index in [0.717, 1.165) is 24.3 Å². The first kappa shape index (κ1) is 16.8. The van der Waals surface area contributed by atoms with E-state index in [1.165, 1.54) is 25.7 Å². The van der Waals surface area contributed by atoms with Gasteiger partial charge in [0.05, 0.1) is 4.90 Å². The summed E-state index contributed by atoms with van der Waals surface area (Å²) >= 11 is 0. The first-order valence-corrected chi connectivity index (χ1v) is 9.97. The zero-order valence-corrected chi connectivity index (χ0v) is 14.8. The number of aryl methyl sites for hydroxylation is 1. The summed E-state index contributed by atoms with van der Waals surface area (Å²) in [4.78, 5) is 2.67. The molecule has 0 aromatic heterocycles. The van der Waals surface area contributed by atoms with Crippen LogP contribution in [0.5, 0.6) is 0 Å². The van der Waals surface area contributed by atoms with Crippen molar-refractivity contribution in [2.24, 2.45) is 0 Å². The lowest BCUT2D eigenvalue weighted by molar-refractivity contribution is 0.601. The van der Waals surface area contributed by atoms with E-state index < -0.39 is 10.0 Å². The molecular weight excluding hydrogens is 320 g/mol. The number of anilines is 2. The Morgan fingerprint density at radius 2 is 1.58 bits per heavy atom. The second-order valence-electron chi connectivity index (χ2n) is 6.37. The molecule has 0 aliphatic carbocycles. The molecular formula is C19H24N2O2S. The van der Waals surface area contributed by atoms with Gasteiger partial charge >= 0.3 is 0 Å². The van der Waals surface area contributed by atoms with Gasteiger partial charge in [0.25, 0.3) is 10.0 Å². The van der Waals surface area contributed by atoms with Crippen LogP contribution >= 0.6 is 0 Å². The van der Waals surface area contributed by atoms with Crippen LogP contribution in [0, 0.1) is 6.92 Å². The van der Waals surface area contributed by atoms with Crippen molar-refractivity contribution in [2.75, 3.05) is 22.7 Å². The zero-order chi connectivity index (χ0) is 17.0. The molecule has 4 nitrogen and oxygen atoms in total. The fourth-order valence-electron chi connectivity index (χ4n) is 3.07. The number of sulfonamides is 1. The number of rotatable bonds is 4. The topological polar surface area (TPSA) is 49.4 Å². The van der Waals surface area contributed by atoms with Crippen LogP contribution in [-0.2, 0) is 10.0 Å². The van der Waals surface area contributed by atoms with Crippen LogP contribution in [0.2, 0.25) is 0 Å². The number of nitrogens with zero attached hydrogens (tertiary/aromatic N) is 1. The molecule has 1 aliphatic heterocycles. The Bertz CT molecular complexity index is 777. The van der Waals surface area contributed by atoms with Gasteiger partial charge in [0.2, 0.25) is 0 Å². The van der Waals surface area contributed by atoms with Gasteiger partial charge in [-0.2, -0.15) is 0 Å². The van der Waals surface area contributed by atoms with Crippen molar-refractivity contribution in [3.63, 3.8) is 0 Å². The Kier molecular flexibility index (Phi) is 5.09. The van der Waals surface area contributed by atoms with Crippen LogP contribution < -0.4 is 9.62 Å². The summed E-state index contributed by atoms with van der Waals surface area (Å²) in [6.45, 7) is 4.04. The summed E-state index contributed by atoms with van der Waals surface area (Å²) in [6.07, 6.45) is 5.04. The van der Waals surface area contributed by atoms with Crippen molar-refractivity contribution in [1.82, 2.24) is 0 Å². The molecule has 1 N–H and O–H groups in total. The molecule has 1 aliphatic rings. The van der Waals surface area contributed by atoms with Gasteiger partial charge in [-0.15, -0.1) is 0 Å². The summed E-state index contributed by atoms with van der Waals surface area (Å²) in [7, 11) is -3.54. The van der Waals surface area contributed by atoms with Crippen molar-refractivity contribution < 1.29 is 8.42 Å². The molecule has 2 aromatic rings. The molecule has 0 radical (unpaired) electrons. The van der Waals surface area contributed by atoms with E-state index in [-0.39, 0.29) is 0 Å². The SMILES string of the molecule is Cc1cccc(S(=O)(=O)Nc2ccc(N3CCCCCC3)cc2)c1. The Morgan fingerprint density at radius 1 is 0.917 bits per heavy atom. The van der Waals surface area contributed by atoms with E-state index in [2.05, 4.69) is 9.62 Å². The molecule has 1 saturated heterocycles. The molecule has 0 atom stereocenters. The summed E-state index contributed by atoms with van der Waals surface area (Å²) in [5.41, 5.74) is 2.68. The fourth-order valence-corrected chi connectivity index (χ4v) is 4.23. The molecule has 0 unspecified atom stereocenters. The third kappa shape index (κ3) is 4.09. The zero-order valence-electron chi connectivity index (χ0n) is 14.0. The second-order valence-corrected chi connectivity index (χ2v) is 8.05. The molecule has 5 heteroatoms. The molecule has 1 heterocycles. The monoisotopic (exact) mass is 344 g/mol. The maximum absolute atomic E-state index is 12.5. The molecule has 0 saturated carbocycles. The highest BCUT2D eigenvalue weighted by atomic mass is 32.2. The summed E-state index contributed by atoms with van der Waals surface area (Å²) < 4.78 is 27.6. The van der Waals surface area contributed by atoms with E-state index in [0.29, 0.717) is 10.6 Å². The van der Waals surface area contributed by atoms with Gasteiger partial charge in [0, 0.05) is 24.5 Å². The van der Waals surface area contributed by atoms with Crippen molar-refractivity contribution in [3.05, 3.63) is 54.1 Å². The van der Waals surface area contributed by atoms with Crippen LogP contribution in [-0.4, -0.2) is 21.5 Å².